The van der Waals surface area contributed by atoms with E-state index in [9.17, 15) is 10.1 Å². The third-order valence-electron chi connectivity index (χ3n) is 2.17. The maximum Gasteiger partial charge on any atom is 0.270 e. The highest BCUT2D eigenvalue weighted by Gasteiger charge is 2.10. The first-order valence-corrected chi connectivity index (χ1v) is 5.75. The van der Waals surface area contributed by atoms with E-state index < -0.39 is 4.92 Å². The maximum atomic E-state index is 10.7. The van der Waals surface area contributed by atoms with Gasteiger partial charge in [0.05, 0.1) is 10.6 Å². The molecule has 0 atom stereocenters. The molecule has 0 saturated carbocycles. The van der Waals surface area contributed by atoms with Crippen molar-refractivity contribution in [2.24, 2.45) is 0 Å². The summed E-state index contributed by atoms with van der Waals surface area (Å²) in [6.07, 6.45) is 0. The molecular weight excluding hydrogens is 244 g/mol. The smallest absolute Gasteiger partial charge is 0.270 e. The Morgan fingerprint density at radius 3 is 2.81 bits per heavy atom. The van der Waals surface area contributed by atoms with Crippen molar-refractivity contribution >= 4 is 29.2 Å². The number of hydrogen-bond acceptors (Lipinski definition) is 4. The van der Waals surface area contributed by atoms with Crippen LogP contribution in [0.4, 0.5) is 5.69 Å². The van der Waals surface area contributed by atoms with Crippen molar-refractivity contribution in [3.05, 3.63) is 43.2 Å². The van der Waals surface area contributed by atoms with Crippen LogP contribution < -0.4 is 0 Å². The lowest BCUT2D eigenvalue weighted by Crippen LogP contribution is -1.88. The lowest BCUT2D eigenvalue weighted by atomic mass is 10.1. The summed E-state index contributed by atoms with van der Waals surface area (Å²) in [6, 6.07) is 6.51. The van der Waals surface area contributed by atoms with Gasteiger partial charge in [0, 0.05) is 22.6 Å². The van der Waals surface area contributed by atoms with Gasteiger partial charge in [-0.1, -0.05) is 12.1 Å². The minimum absolute atomic E-state index is 0.0856. The minimum atomic E-state index is -0.403. The lowest BCUT2D eigenvalue weighted by Gasteiger charge is -1.99. The molecule has 0 fully saturated rings. The van der Waals surface area contributed by atoms with E-state index in [1.807, 2.05) is 13.0 Å². The van der Waals surface area contributed by atoms with Gasteiger partial charge in [-0.3, -0.25) is 10.1 Å². The molecule has 82 valence electrons. The predicted octanol–water partition coefficient (Wildman–Crippen LogP) is 3.69. The van der Waals surface area contributed by atoms with Crippen LogP contribution in [0.25, 0.3) is 11.3 Å². The van der Waals surface area contributed by atoms with E-state index in [1.54, 1.807) is 12.1 Å². The molecule has 1 heterocycles. The second kappa shape index (κ2) is 4.15. The fraction of sp³-hybridized carbons (Fsp3) is 0.100. The molecule has 6 heteroatoms. The van der Waals surface area contributed by atoms with Gasteiger partial charge < -0.3 is 4.98 Å². The number of aromatic nitrogens is 1. The standard InChI is InChI=1S/C10H8N2O2S2/c1-6-9(11-10(15)16-6)7-3-2-4-8(5-7)12(13)14/h2-5H,1H3,(H,11,15). The van der Waals surface area contributed by atoms with Crippen molar-refractivity contribution in [3.63, 3.8) is 0 Å². The van der Waals surface area contributed by atoms with Gasteiger partial charge in [0.15, 0.2) is 3.95 Å². The number of rotatable bonds is 2. The van der Waals surface area contributed by atoms with Gasteiger partial charge in [0.2, 0.25) is 0 Å². The zero-order valence-electron chi connectivity index (χ0n) is 8.39. The molecule has 4 nitrogen and oxygen atoms in total. The normalized spacial score (nSPS) is 10.3. The Bertz CT molecular complexity index is 601. The summed E-state index contributed by atoms with van der Waals surface area (Å²) >= 11 is 6.50. The molecule has 0 aliphatic rings. The topological polar surface area (TPSA) is 58.9 Å². The summed E-state index contributed by atoms with van der Waals surface area (Å²) in [5.74, 6) is 0. The Labute approximate surface area is 101 Å². The summed E-state index contributed by atoms with van der Waals surface area (Å²) in [6.45, 7) is 1.94. The number of thiazole rings is 1. The zero-order chi connectivity index (χ0) is 11.7. The molecular formula is C10H8N2O2S2. The molecule has 0 bridgehead atoms. The van der Waals surface area contributed by atoms with E-state index in [1.165, 1.54) is 17.4 Å². The third-order valence-corrected chi connectivity index (χ3v) is 3.32. The van der Waals surface area contributed by atoms with Gasteiger partial charge in [0.1, 0.15) is 0 Å². The average Bonchev–Trinajstić information content (AvgIpc) is 2.58. The van der Waals surface area contributed by atoms with Crippen LogP contribution in [-0.2, 0) is 0 Å². The molecule has 16 heavy (non-hydrogen) atoms. The van der Waals surface area contributed by atoms with E-state index >= 15 is 0 Å². The SMILES string of the molecule is Cc1sc(=S)[nH]c1-c1cccc([N+](=O)[O-])c1. The largest absolute Gasteiger partial charge is 0.337 e. The number of aromatic amines is 1. The number of nitro groups is 1. The summed E-state index contributed by atoms with van der Waals surface area (Å²) in [4.78, 5) is 14.3. The highest BCUT2D eigenvalue weighted by atomic mass is 32.1. The monoisotopic (exact) mass is 252 g/mol. The molecule has 2 aromatic rings. The number of nitrogens with zero attached hydrogens (tertiary/aromatic N) is 1. The number of non-ortho nitro benzene ring substituents is 1. The first-order valence-electron chi connectivity index (χ1n) is 4.52. The Kier molecular flexibility index (Phi) is 2.84. The van der Waals surface area contributed by atoms with Crippen molar-refractivity contribution in [1.29, 1.82) is 0 Å². The van der Waals surface area contributed by atoms with Crippen molar-refractivity contribution in [2.75, 3.05) is 0 Å². The third kappa shape index (κ3) is 2.02. The number of nitro benzene ring substituents is 1. The summed E-state index contributed by atoms with van der Waals surface area (Å²) in [7, 11) is 0. The number of benzene rings is 1. The van der Waals surface area contributed by atoms with E-state index in [0.717, 1.165) is 16.1 Å². The van der Waals surface area contributed by atoms with Crippen LogP contribution in [0.3, 0.4) is 0 Å². The molecule has 1 N–H and O–H groups in total. The fourth-order valence-corrected chi connectivity index (χ4v) is 2.64. The number of nitrogens with one attached hydrogen (secondary N) is 1. The van der Waals surface area contributed by atoms with Crippen molar-refractivity contribution < 1.29 is 4.92 Å². The fourth-order valence-electron chi connectivity index (χ4n) is 1.46. The Morgan fingerprint density at radius 1 is 1.50 bits per heavy atom. The van der Waals surface area contributed by atoms with Gasteiger partial charge in [0.25, 0.3) is 5.69 Å². The van der Waals surface area contributed by atoms with Crippen LogP contribution in [0.15, 0.2) is 24.3 Å². The molecule has 0 spiro atoms. The van der Waals surface area contributed by atoms with Crippen LogP contribution in [0, 0.1) is 21.0 Å². The first-order chi connectivity index (χ1) is 7.58. The van der Waals surface area contributed by atoms with E-state index in [-0.39, 0.29) is 5.69 Å². The number of H-pyrrole nitrogens is 1. The second-order valence-electron chi connectivity index (χ2n) is 3.25. The van der Waals surface area contributed by atoms with Crippen LogP contribution in [0.2, 0.25) is 0 Å². The lowest BCUT2D eigenvalue weighted by molar-refractivity contribution is -0.384. The van der Waals surface area contributed by atoms with Gasteiger partial charge in [-0.2, -0.15) is 0 Å². The highest BCUT2D eigenvalue weighted by molar-refractivity contribution is 7.73. The van der Waals surface area contributed by atoms with Gasteiger partial charge in [-0.25, -0.2) is 0 Å². The molecule has 0 aliphatic heterocycles. The zero-order valence-corrected chi connectivity index (χ0v) is 10.0. The number of hydrogen-bond donors (Lipinski definition) is 1. The van der Waals surface area contributed by atoms with Gasteiger partial charge in [-0.15, -0.1) is 11.3 Å². The average molecular weight is 252 g/mol. The second-order valence-corrected chi connectivity index (χ2v) is 5.14. The summed E-state index contributed by atoms with van der Waals surface area (Å²) < 4.78 is 0.680. The predicted molar refractivity (Wildman–Crippen MR) is 66.3 cm³/mol. The Hall–Kier alpha value is -1.53. The van der Waals surface area contributed by atoms with Gasteiger partial charge in [-0.05, 0) is 19.1 Å². The molecule has 0 saturated heterocycles. The van der Waals surface area contributed by atoms with Crippen molar-refractivity contribution in [3.8, 4) is 11.3 Å². The Balaban J connectivity index is 2.56. The van der Waals surface area contributed by atoms with Crippen molar-refractivity contribution in [2.45, 2.75) is 6.92 Å². The van der Waals surface area contributed by atoms with E-state index in [4.69, 9.17) is 12.2 Å². The molecule has 1 aromatic heterocycles. The molecule has 0 aliphatic carbocycles. The van der Waals surface area contributed by atoms with Crippen molar-refractivity contribution in [1.82, 2.24) is 4.98 Å². The molecule has 0 amide bonds. The highest BCUT2D eigenvalue weighted by Crippen LogP contribution is 2.27. The van der Waals surface area contributed by atoms with Crippen LogP contribution in [0.5, 0.6) is 0 Å². The quantitative estimate of drug-likeness (QED) is 0.503. The molecule has 0 unspecified atom stereocenters. The summed E-state index contributed by atoms with van der Waals surface area (Å²) in [5, 5.41) is 10.7. The molecule has 0 radical (unpaired) electrons. The minimum Gasteiger partial charge on any atom is -0.337 e. The van der Waals surface area contributed by atoms with Gasteiger partial charge >= 0.3 is 0 Å². The molecule has 2 rings (SSSR count). The van der Waals surface area contributed by atoms with E-state index in [2.05, 4.69) is 4.98 Å². The van der Waals surface area contributed by atoms with E-state index in [0.29, 0.717) is 3.95 Å². The summed E-state index contributed by atoms with van der Waals surface area (Å²) in [5.41, 5.74) is 1.74. The number of aryl methyl sites for hydroxylation is 1. The first kappa shape index (κ1) is 11.0. The van der Waals surface area contributed by atoms with Crippen LogP contribution in [0.1, 0.15) is 4.88 Å². The Morgan fingerprint density at radius 2 is 2.25 bits per heavy atom. The maximum absolute atomic E-state index is 10.7. The molecule has 1 aromatic carbocycles. The van der Waals surface area contributed by atoms with Crippen LogP contribution in [-0.4, -0.2) is 9.91 Å². The van der Waals surface area contributed by atoms with Crippen LogP contribution >= 0.6 is 23.6 Å².